The summed E-state index contributed by atoms with van der Waals surface area (Å²) in [5.41, 5.74) is 7.17. The molecule has 0 saturated heterocycles. The maximum absolute atomic E-state index is 12.0. The van der Waals surface area contributed by atoms with Crippen molar-refractivity contribution in [1.29, 1.82) is 0 Å². The average molecular weight is 289 g/mol. The molecule has 1 amide bonds. The summed E-state index contributed by atoms with van der Waals surface area (Å²) in [4.78, 5) is 12.0. The van der Waals surface area contributed by atoms with Crippen LogP contribution in [0.3, 0.4) is 0 Å². The van der Waals surface area contributed by atoms with Crippen molar-refractivity contribution in [1.82, 2.24) is 15.0 Å². The van der Waals surface area contributed by atoms with Gasteiger partial charge in [0.25, 0.3) is 0 Å². The summed E-state index contributed by atoms with van der Waals surface area (Å²) in [5.74, 6) is 0.402. The van der Waals surface area contributed by atoms with Crippen LogP contribution in [-0.4, -0.2) is 28.0 Å². The molecule has 1 aromatic carbocycles. The summed E-state index contributed by atoms with van der Waals surface area (Å²) >= 11 is 0. The lowest BCUT2D eigenvalue weighted by Gasteiger charge is -2.09. The van der Waals surface area contributed by atoms with Gasteiger partial charge in [-0.1, -0.05) is 24.3 Å². The van der Waals surface area contributed by atoms with Gasteiger partial charge in [-0.25, -0.2) is 4.68 Å². The Hall–Kier alpha value is -2.41. The molecule has 7 heteroatoms. The minimum absolute atomic E-state index is 0.0709. The van der Waals surface area contributed by atoms with Gasteiger partial charge in [-0.15, -0.1) is 5.10 Å². The van der Waals surface area contributed by atoms with Gasteiger partial charge in [-0.05, 0) is 18.6 Å². The Balaban J connectivity index is 2.00. The molecule has 0 aliphatic carbocycles. The number of hydrogen-bond donors (Lipinski definition) is 2. The van der Waals surface area contributed by atoms with Crippen LogP contribution in [0.25, 0.3) is 0 Å². The second-order valence-corrected chi connectivity index (χ2v) is 4.60. The largest absolute Gasteiger partial charge is 0.495 e. The molecule has 21 heavy (non-hydrogen) atoms. The van der Waals surface area contributed by atoms with E-state index in [0.29, 0.717) is 17.1 Å². The Morgan fingerprint density at radius 1 is 1.48 bits per heavy atom. The molecular weight excluding hydrogens is 270 g/mol. The van der Waals surface area contributed by atoms with Gasteiger partial charge in [0.15, 0.2) is 0 Å². The topological polar surface area (TPSA) is 95.1 Å². The number of benzene rings is 1. The molecule has 1 unspecified atom stereocenters. The fourth-order valence-electron chi connectivity index (χ4n) is 1.85. The number of nitrogens with one attached hydrogen (secondary N) is 1. The van der Waals surface area contributed by atoms with Gasteiger partial charge in [-0.3, -0.25) is 4.79 Å². The minimum atomic E-state index is -0.207. The van der Waals surface area contributed by atoms with E-state index in [9.17, 15) is 4.79 Å². The molecule has 0 saturated carbocycles. The van der Waals surface area contributed by atoms with Crippen molar-refractivity contribution in [3.8, 4) is 5.75 Å². The van der Waals surface area contributed by atoms with Gasteiger partial charge in [0, 0.05) is 0 Å². The van der Waals surface area contributed by atoms with Gasteiger partial charge in [-0.2, -0.15) is 0 Å². The number of hydrogen-bond acceptors (Lipinski definition) is 5. The number of carbonyl (C=O) groups excluding carboxylic acids is 1. The zero-order valence-electron chi connectivity index (χ0n) is 12.1. The molecule has 0 bridgehead atoms. The molecule has 0 aliphatic heterocycles. The van der Waals surface area contributed by atoms with Crippen LogP contribution in [0.1, 0.15) is 25.1 Å². The molecular formula is C14H19N5O2. The first-order valence-corrected chi connectivity index (χ1v) is 6.72. The Labute approximate surface area is 123 Å². The standard InChI is InChI=1S/C14H19N5O2/c1-3-10(15)12-8-19(18-17-12)9-14(20)16-11-6-4-5-7-13(11)21-2/h4-8,10H,3,9,15H2,1-2H3,(H,16,20). The molecule has 0 aliphatic rings. The van der Waals surface area contributed by atoms with Crippen molar-refractivity contribution in [2.45, 2.75) is 25.9 Å². The van der Waals surface area contributed by atoms with Crippen molar-refractivity contribution >= 4 is 11.6 Å². The van der Waals surface area contributed by atoms with Gasteiger partial charge in [0.1, 0.15) is 12.3 Å². The number of aromatic nitrogens is 3. The third-order valence-electron chi connectivity index (χ3n) is 3.06. The van der Waals surface area contributed by atoms with Gasteiger partial charge in [0.2, 0.25) is 5.91 Å². The first-order chi connectivity index (χ1) is 10.1. The first kappa shape index (κ1) is 15.0. The van der Waals surface area contributed by atoms with Crippen LogP contribution in [0.5, 0.6) is 5.75 Å². The fraction of sp³-hybridized carbons (Fsp3) is 0.357. The van der Waals surface area contributed by atoms with Crippen LogP contribution < -0.4 is 15.8 Å². The summed E-state index contributed by atoms with van der Waals surface area (Å²) in [6, 6.07) is 7.06. The molecule has 1 atom stereocenters. The second-order valence-electron chi connectivity index (χ2n) is 4.60. The predicted molar refractivity (Wildman–Crippen MR) is 78.9 cm³/mol. The van der Waals surface area contributed by atoms with Crippen LogP contribution in [0.15, 0.2) is 30.5 Å². The Morgan fingerprint density at radius 2 is 2.24 bits per heavy atom. The van der Waals surface area contributed by atoms with E-state index in [0.717, 1.165) is 6.42 Å². The quantitative estimate of drug-likeness (QED) is 0.836. The molecule has 0 fully saturated rings. The smallest absolute Gasteiger partial charge is 0.246 e. The number of nitrogens with two attached hydrogens (primary N) is 1. The monoisotopic (exact) mass is 289 g/mol. The number of anilines is 1. The second kappa shape index (κ2) is 6.85. The van der Waals surface area contributed by atoms with Crippen LogP contribution in [0, 0.1) is 0 Å². The van der Waals surface area contributed by atoms with Crippen LogP contribution in [0.4, 0.5) is 5.69 Å². The summed E-state index contributed by atoms with van der Waals surface area (Å²) in [6.07, 6.45) is 2.46. The lowest BCUT2D eigenvalue weighted by atomic mass is 10.2. The predicted octanol–water partition coefficient (Wildman–Crippen LogP) is 1.34. The zero-order chi connectivity index (χ0) is 15.2. The highest BCUT2D eigenvalue weighted by atomic mass is 16.5. The van der Waals surface area contributed by atoms with E-state index >= 15 is 0 Å². The average Bonchev–Trinajstić information content (AvgIpc) is 2.95. The normalized spacial score (nSPS) is 12.0. The van der Waals surface area contributed by atoms with Crippen LogP contribution >= 0.6 is 0 Å². The van der Waals surface area contributed by atoms with Crippen molar-refractivity contribution in [3.63, 3.8) is 0 Å². The molecule has 2 aromatic rings. The number of nitrogens with zero attached hydrogens (tertiary/aromatic N) is 3. The highest BCUT2D eigenvalue weighted by Crippen LogP contribution is 2.22. The van der Waals surface area contributed by atoms with E-state index in [4.69, 9.17) is 10.5 Å². The number of amides is 1. The number of para-hydroxylation sites is 2. The van der Waals surface area contributed by atoms with Crippen molar-refractivity contribution < 1.29 is 9.53 Å². The van der Waals surface area contributed by atoms with Crippen LogP contribution in [0.2, 0.25) is 0 Å². The van der Waals surface area contributed by atoms with E-state index in [1.807, 2.05) is 19.1 Å². The Morgan fingerprint density at radius 3 is 2.95 bits per heavy atom. The van der Waals surface area contributed by atoms with E-state index in [1.165, 1.54) is 4.68 Å². The fourth-order valence-corrected chi connectivity index (χ4v) is 1.85. The first-order valence-electron chi connectivity index (χ1n) is 6.72. The van der Waals surface area contributed by atoms with E-state index < -0.39 is 0 Å². The number of ether oxygens (including phenoxy) is 1. The van der Waals surface area contributed by atoms with E-state index in [-0.39, 0.29) is 18.5 Å². The zero-order valence-corrected chi connectivity index (χ0v) is 12.1. The van der Waals surface area contributed by atoms with Gasteiger partial charge in [0.05, 0.1) is 30.7 Å². The molecule has 1 heterocycles. The van der Waals surface area contributed by atoms with Crippen LogP contribution in [-0.2, 0) is 11.3 Å². The summed E-state index contributed by atoms with van der Waals surface area (Å²) in [6.45, 7) is 2.04. The Kier molecular flexibility index (Phi) is 4.89. The maximum atomic E-state index is 12.0. The molecule has 112 valence electrons. The summed E-state index contributed by atoms with van der Waals surface area (Å²) in [5, 5.41) is 10.6. The van der Waals surface area contributed by atoms with Crippen molar-refractivity contribution in [2.75, 3.05) is 12.4 Å². The van der Waals surface area contributed by atoms with E-state index in [2.05, 4.69) is 15.6 Å². The number of carbonyl (C=O) groups is 1. The maximum Gasteiger partial charge on any atom is 0.246 e. The Bertz CT molecular complexity index is 611. The molecule has 3 N–H and O–H groups in total. The molecule has 7 nitrogen and oxygen atoms in total. The van der Waals surface area contributed by atoms with Gasteiger partial charge >= 0.3 is 0 Å². The summed E-state index contributed by atoms with van der Waals surface area (Å²) < 4.78 is 6.65. The molecule has 1 aromatic heterocycles. The SMILES string of the molecule is CCC(N)c1cn(CC(=O)Nc2ccccc2OC)nn1. The summed E-state index contributed by atoms with van der Waals surface area (Å²) in [7, 11) is 1.56. The lowest BCUT2D eigenvalue weighted by molar-refractivity contribution is -0.116. The molecule has 0 spiro atoms. The van der Waals surface area contributed by atoms with Crippen molar-refractivity contribution in [3.05, 3.63) is 36.2 Å². The van der Waals surface area contributed by atoms with Crippen molar-refractivity contribution in [2.24, 2.45) is 5.73 Å². The molecule has 2 rings (SSSR count). The number of methoxy groups -OCH3 is 1. The highest BCUT2D eigenvalue weighted by molar-refractivity contribution is 5.92. The highest BCUT2D eigenvalue weighted by Gasteiger charge is 2.11. The van der Waals surface area contributed by atoms with E-state index in [1.54, 1.807) is 25.4 Å². The lowest BCUT2D eigenvalue weighted by Crippen LogP contribution is -2.19. The molecule has 0 radical (unpaired) electrons. The minimum Gasteiger partial charge on any atom is -0.495 e. The number of rotatable bonds is 6. The third kappa shape index (κ3) is 3.79. The van der Waals surface area contributed by atoms with Gasteiger partial charge < -0.3 is 15.8 Å². The third-order valence-corrected chi connectivity index (χ3v) is 3.06.